The van der Waals surface area contributed by atoms with Crippen LogP contribution >= 0.6 is 11.8 Å². The van der Waals surface area contributed by atoms with Crippen LogP contribution in [0.3, 0.4) is 0 Å². The van der Waals surface area contributed by atoms with Crippen LogP contribution in [-0.2, 0) is 4.65 Å². The molecule has 0 amide bonds. The molecule has 0 saturated heterocycles. The molecule has 0 saturated carbocycles. The normalized spacial score (nSPS) is 12.2. The molecule has 0 fully saturated rings. The van der Waals surface area contributed by atoms with Gasteiger partial charge in [-0.2, -0.15) is 0 Å². The fraction of sp³-hybridized carbons (Fsp3) is 0.333. The Morgan fingerprint density at radius 1 is 0.864 bits per heavy atom. The minimum atomic E-state index is -0.879. The van der Waals surface area contributed by atoms with Crippen molar-refractivity contribution in [3.63, 3.8) is 0 Å². The summed E-state index contributed by atoms with van der Waals surface area (Å²) in [5.74, 6) is 0. The number of benzene rings is 2. The largest absolute Gasteiger partial charge is 0.427 e. The number of hydrogen-bond acceptors (Lipinski definition) is 3. The molecule has 0 spiro atoms. The first kappa shape index (κ1) is 17.1. The van der Waals surface area contributed by atoms with Crippen molar-refractivity contribution in [3.05, 3.63) is 54.6 Å². The summed E-state index contributed by atoms with van der Waals surface area (Å²) in [5, 5.41) is 10.1. The molecule has 22 heavy (non-hydrogen) atoms. The van der Waals surface area contributed by atoms with E-state index in [2.05, 4.69) is 36.4 Å². The van der Waals surface area contributed by atoms with E-state index in [-0.39, 0.29) is 0 Å². The molecule has 0 aliphatic heterocycles. The Balaban J connectivity index is 1.95. The first-order valence-corrected chi connectivity index (χ1v) is 8.28. The Labute approximate surface area is 138 Å². The van der Waals surface area contributed by atoms with Crippen LogP contribution < -0.4 is 5.46 Å². The zero-order chi connectivity index (χ0) is 16.2. The van der Waals surface area contributed by atoms with Gasteiger partial charge in [-0.1, -0.05) is 47.6 Å². The highest BCUT2D eigenvalue weighted by Crippen LogP contribution is 2.27. The summed E-state index contributed by atoms with van der Waals surface area (Å²) in [5.41, 5.74) is -0.365. The van der Waals surface area contributed by atoms with Gasteiger partial charge >= 0.3 is 7.48 Å². The highest BCUT2D eigenvalue weighted by Gasteiger charge is 2.35. The molecule has 116 valence electrons. The van der Waals surface area contributed by atoms with Crippen molar-refractivity contribution in [2.75, 3.05) is 0 Å². The quantitative estimate of drug-likeness (QED) is 0.829. The Bertz CT molecular complexity index is 589. The lowest BCUT2D eigenvalue weighted by Crippen LogP contribution is -2.49. The fourth-order valence-electron chi connectivity index (χ4n) is 1.72. The standard InChI is InChI=1S/C18H23BO2S/c1-17(2,20)18(3,4)21-19-14-10-12-16(13-11-14)22-15-8-6-5-7-9-15/h5-13,19-20H,1-4H3. The van der Waals surface area contributed by atoms with Crippen molar-refractivity contribution in [2.24, 2.45) is 0 Å². The number of hydrogen-bond donors (Lipinski definition) is 1. The van der Waals surface area contributed by atoms with Gasteiger partial charge in [0.1, 0.15) is 0 Å². The molecule has 1 N–H and O–H groups in total. The number of aliphatic hydroxyl groups is 1. The second-order valence-corrected chi connectivity index (χ2v) is 7.56. The molecule has 0 aromatic heterocycles. The molecule has 0 radical (unpaired) electrons. The van der Waals surface area contributed by atoms with Gasteiger partial charge in [0.25, 0.3) is 0 Å². The molecule has 0 heterocycles. The van der Waals surface area contributed by atoms with Crippen LogP contribution in [0.5, 0.6) is 0 Å². The third-order valence-corrected chi connectivity index (χ3v) is 4.99. The lowest BCUT2D eigenvalue weighted by molar-refractivity contribution is -0.0893. The molecule has 2 aromatic rings. The van der Waals surface area contributed by atoms with Gasteiger partial charge in [0, 0.05) is 9.79 Å². The summed E-state index contributed by atoms with van der Waals surface area (Å²) in [6, 6.07) is 18.7. The lowest BCUT2D eigenvalue weighted by Gasteiger charge is -2.37. The van der Waals surface area contributed by atoms with Crippen molar-refractivity contribution in [1.82, 2.24) is 0 Å². The molecule has 0 aliphatic rings. The highest BCUT2D eigenvalue weighted by atomic mass is 32.2. The second-order valence-electron chi connectivity index (χ2n) is 6.42. The molecule has 2 rings (SSSR count). The minimum Gasteiger partial charge on any atom is -0.427 e. The predicted octanol–water partition coefficient (Wildman–Crippen LogP) is 3.38. The third kappa shape index (κ3) is 4.63. The van der Waals surface area contributed by atoms with E-state index in [9.17, 15) is 5.11 Å². The van der Waals surface area contributed by atoms with E-state index in [1.165, 1.54) is 9.79 Å². The molecule has 0 bridgehead atoms. The van der Waals surface area contributed by atoms with Crippen LogP contribution in [0.4, 0.5) is 0 Å². The summed E-state index contributed by atoms with van der Waals surface area (Å²) >= 11 is 1.74. The molecule has 4 heteroatoms. The Morgan fingerprint density at radius 3 is 1.95 bits per heavy atom. The first-order chi connectivity index (χ1) is 10.3. The highest BCUT2D eigenvalue weighted by molar-refractivity contribution is 7.99. The maximum Gasteiger partial charge on any atom is 0.309 e. The van der Waals surface area contributed by atoms with Crippen molar-refractivity contribution in [1.29, 1.82) is 0 Å². The zero-order valence-electron chi connectivity index (χ0n) is 13.7. The van der Waals surface area contributed by atoms with Crippen molar-refractivity contribution in [3.8, 4) is 0 Å². The SMILES string of the molecule is CC(C)(O)C(C)(C)OBc1ccc(Sc2ccccc2)cc1. The van der Waals surface area contributed by atoms with E-state index in [0.717, 1.165) is 5.46 Å². The van der Waals surface area contributed by atoms with Crippen LogP contribution in [0.15, 0.2) is 64.4 Å². The van der Waals surface area contributed by atoms with Gasteiger partial charge in [0.2, 0.25) is 0 Å². The maximum atomic E-state index is 10.1. The van der Waals surface area contributed by atoms with E-state index >= 15 is 0 Å². The average molecular weight is 314 g/mol. The number of rotatable bonds is 6. The van der Waals surface area contributed by atoms with Crippen LogP contribution in [0.1, 0.15) is 27.7 Å². The fourth-order valence-corrected chi connectivity index (χ4v) is 2.56. The van der Waals surface area contributed by atoms with Gasteiger partial charge in [0.15, 0.2) is 0 Å². The maximum absolute atomic E-state index is 10.1. The molecule has 2 aromatic carbocycles. The van der Waals surface area contributed by atoms with Gasteiger partial charge in [-0.3, -0.25) is 0 Å². The minimum absolute atomic E-state index is 0.493. The molecule has 0 unspecified atom stereocenters. The van der Waals surface area contributed by atoms with E-state index < -0.39 is 11.2 Å². The molecule has 0 aliphatic carbocycles. The van der Waals surface area contributed by atoms with E-state index in [1.54, 1.807) is 25.6 Å². The van der Waals surface area contributed by atoms with E-state index in [0.29, 0.717) is 7.48 Å². The van der Waals surface area contributed by atoms with Crippen LogP contribution in [-0.4, -0.2) is 23.8 Å². The van der Waals surface area contributed by atoms with Crippen molar-refractivity contribution < 1.29 is 9.76 Å². The van der Waals surface area contributed by atoms with E-state index in [1.807, 2.05) is 32.0 Å². The molecule has 2 nitrogen and oxygen atoms in total. The van der Waals surface area contributed by atoms with Crippen LogP contribution in [0, 0.1) is 0 Å². The van der Waals surface area contributed by atoms with Gasteiger partial charge in [-0.15, -0.1) is 0 Å². The summed E-state index contributed by atoms with van der Waals surface area (Å²) in [6.07, 6.45) is 0. The Hall–Kier alpha value is -1.23. The molecular weight excluding hydrogens is 291 g/mol. The molecular formula is C18H23BO2S. The first-order valence-electron chi connectivity index (χ1n) is 7.46. The van der Waals surface area contributed by atoms with E-state index in [4.69, 9.17) is 4.65 Å². The average Bonchev–Trinajstić information content (AvgIpc) is 2.46. The second kappa shape index (κ2) is 6.90. The topological polar surface area (TPSA) is 29.5 Å². The third-order valence-electron chi connectivity index (χ3n) is 3.98. The lowest BCUT2D eigenvalue weighted by atomic mass is 9.83. The monoisotopic (exact) mass is 314 g/mol. The van der Waals surface area contributed by atoms with Crippen LogP contribution in [0.25, 0.3) is 0 Å². The summed E-state index contributed by atoms with van der Waals surface area (Å²) < 4.78 is 5.88. The van der Waals surface area contributed by atoms with Gasteiger partial charge in [-0.05, 0) is 52.0 Å². The summed E-state index contributed by atoms with van der Waals surface area (Å²) in [6.45, 7) is 7.36. The Morgan fingerprint density at radius 2 is 1.41 bits per heavy atom. The summed E-state index contributed by atoms with van der Waals surface area (Å²) in [4.78, 5) is 2.44. The van der Waals surface area contributed by atoms with Gasteiger partial charge in [0.05, 0.1) is 11.2 Å². The van der Waals surface area contributed by atoms with Crippen LogP contribution in [0.2, 0.25) is 0 Å². The van der Waals surface area contributed by atoms with Gasteiger partial charge < -0.3 is 9.76 Å². The van der Waals surface area contributed by atoms with Crippen molar-refractivity contribution >= 4 is 24.7 Å². The van der Waals surface area contributed by atoms with Crippen molar-refractivity contribution in [2.45, 2.75) is 48.7 Å². The zero-order valence-corrected chi connectivity index (χ0v) is 14.5. The predicted molar refractivity (Wildman–Crippen MR) is 95.3 cm³/mol. The van der Waals surface area contributed by atoms with Gasteiger partial charge in [-0.25, -0.2) is 0 Å². The Kier molecular flexibility index (Phi) is 5.38. The summed E-state index contributed by atoms with van der Waals surface area (Å²) in [7, 11) is 0.493. The molecule has 0 atom stereocenters. The smallest absolute Gasteiger partial charge is 0.309 e.